The van der Waals surface area contributed by atoms with Gasteiger partial charge in [-0.25, -0.2) is 0 Å². The van der Waals surface area contributed by atoms with Crippen molar-refractivity contribution >= 4 is 5.69 Å². The number of anilines is 1. The predicted octanol–water partition coefficient (Wildman–Crippen LogP) is 1.24. The summed E-state index contributed by atoms with van der Waals surface area (Å²) >= 11 is 0. The molecule has 1 aromatic carbocycles. The molecular weight excluding hydrogens is 188 g/mol. The molecule has 3 heteroatoms. The van der Waals surface area contributed by atoms with Gasteiger partial charge in [0.1, 0.15) is 5.75 Å². The maximum absolute atomic E-state index is 5.68. The average Bonchev–Trinajstić information content (AvgIpc) is 2.25. The molecule has 0 heterocycles. The minimum atomic E-state index is 0.703. The molecule has 0 atom stereocenters. The summed E-state index contributed by atoms with van der Waals surface area (Å²) in [5, 5.41) is 3.04. The molecule has 0 aromatic heterocycles. The van der Waals surface area contributed by atoms with Crippen molar-refractivity contribution in [1.29, 1.82) is 0 Å². The first-order valence-electron chi connectivity index (χ1n) is 4.85. The third-order valence-electron chi connectivity index (χ3n) is 1.95. The Hall–Kier alpha value is -1.66. The zero-order chi connectivity index (χ0) is 11.1. The van der Waals surface area contributed by atoms with Gasteiger partial charge >= 0.3 is 0 Å². The molecule has 0 aliphatic heterocycles. The van der Waals surface area contributed by atoms with Crippen LogP contribution in [0.25, 0.3) is 0 Å². The van der Waals surface area contributed by atoms with Crippen molar-refractivity contribution in [2.75, 3.05) is 26.4 Å². The quantitative estimate of drug-likeness (QED) is 0.442. The first kappa shape index (κ1) is 11.4. The van der Waals surface area contributed by atoms with Gasteiger partial charge in [0, 0.05) is 18.7 Å². The topological polar surface area (TPSA) is 47.3 Å². The van der Waals surface area contributed by atoms with Crippen LogP contribution in [0.4, 0.5) is 5.69 Å². The van der Waals surface area contributed by atoms with Crippen molar-refractivity contribution in [3.05, 3.63) is 23.8 Å². The smallest absolute Gasteiger partial charge is 0.134 e. The van der Waals surface area contributed by atoms with Crippen LogP contribution in [0, 0.1) is 11.8 Å². The van der Waals surface area contributed by atoms with Crippen LogP contribution in [0.5, 0.6) is 5.75 Å². The van der Waals surface area contributed by atoms with Crippen LogP contribution in [0.2, 0.25) is 0 Å². The number of benzene rings is 1. The lowest BCUT2D eigenvalue weighted by atomic mass is 10.2. The lowest BCUT2D eigenvalue weighted by Gasteiger charge is -2.03. The molecule has 0 radical (unpaired) electrons. The summed E-state index contributed by atoms with van der Waals surface area (Å²) in [6, 6.07) is 5.46. The molecule has 0 aliphatic carbocycles. The van der Waals surface area contributed by atoms with E-state index in [1.807, 2.05) is 19.2 Å². The first-order valence-corrected chi connectivity index (χ1v) is 4.85. The number of hydrogen-bond acceptors (Lipinski definition) is 3. The highest BCUT2D eigenvalue weighted by Crippen LogP contribution is 2.19. The standard InChI is InChI=1S/C12H16N2O/c1-14-8-4-3-5-10-9-11(13)6-7-12(10)15-2/h6-7,9,14H,4,8,13H2,1-2H3. The molecule has 1 rings (SSSR count). The molecule has 0 saturated heterocycles. The third kappa shape index (κ3) is 3.53. The molecule has 0 spiro atoms. The van der Waals surface area contributed by atoms with E-state index in [1.165, 1.54) is 0 Å². The van der Waals surface area contributed by atoms with Gasteiger partial charge in [-0.15, -0.1) is 0 Å². The highest BCUT2D eigenvalue weighted by atomic mass is 16.5. The number of methoxy groups -OCH3 is 1. The van der Waals surface area contributed by atoms with Crippen LogP contribution < -0.4 is 15.8 Å². The Morgan fingerprint density at radius 3 is 2.93 bits per heavy atom. The second-order valence-electron chi connectivity index (χ2n) is 3.12. The van der Waals surface area contributed by atoms with E-state index >= 15 is 0 Å². The van der Waals surface area contributed by atoms with Crippen LogP contribution in [-0.2, 0) is 0 Å². The van der Waals surface area contributed by atoms with E-state index < -0.39 is 0 Å². The Morgan fingerprint density at radius 1 is 1.47 bits per heavy atom. The number of nitrogens with two attached hydrogens (primary N) is 1. The number of nitrogens with one attached hydrogen (secondary N) is 1. The molecule has 1 aromatic rings. The Kier molecular flexibility index (Phi) is 4.52. The molecule has 0 bridgehead atoms. The normalized spacial score (nSPS) is 9.20. The van der Waals surface area contributed by atoms with Gasteiger partial charge in [0.15, 0.2) is 0 Å². The van der Waals surface area contributed by atoms with Gasteiger partial charge in [0.2, 0.25) is 0 Å². The summed E-state index contributed by atoms with van der Waals surface area (Å²) in [5.41, 5.74) is 7.22. The number of ether oxygens (including phenoxy) is 1. The summed E-state index contributed by atoms with van der Waals surface area (Å²) in [5.74, 6) is 6.87. The Balaban J connectivity index is 2.80. The van der Waals surface area contributed by atoms with Crippen molar-refractivity contribution < 1.29 is 4.74 Å². The monoisotopic (exact) mass is 204 g/mol. The van der Waals surface area contributed by atoms with Gasteiger partial charge in [-0.2, -0.15) is 0 Å². The summed E-state index contributed by atoms with van der Waals surface area (Å²) in [7, 11) is 3.53. The van der Waals surface area contributed by atoms with Gasteiger partial charge in [-0.1, -0.05) is 11.8 Å². The molecule has 0 amide bonds. The minimum absolute atomic E-state index is 0.703. The van der Waals surface area contributed by atoms with Crippen LogP contribution in [0.3, 0.4) is 0 Å². The molecule has 0 unspecified atom stereocenters. The molecule has 3 nitrogen and oxygen atoms in total. The molecule has 80 valence electrons. The molecule has 0 fully saturated rings. The summed E-state index contributed by atoms with van der Waals surface area (Å²) in [6.07, 6.45) is 0.814. The molecule has 15 heavy (non-hydrogen) atoms. The fourth-order valence-corrected chi connectivity index (χ4v) is 1.17. The summed E-state index contributed by atoms with van der Waals surface area (Å²) in [6.45, 7) is 0.887. The van der Waals surface area contributed by atoms with Crippen molar-refractivity contribution in [3.63, 3.8) is 0 Å². The van der Waals surface area contributed by atoms with Crippen molar-refractivity contribution in [2.45, 2.75) is 6.42 Å². The van der Waals surface area contributed by atoms with Crippen LogP contribution in [0.15, 0.2) is 18.2 Å². The van der Waals surface area contributed by atoms with Crippen molar-refractivity contribution in [3.8, 4) is 17.6 Å². The van der Waals surface area contributed by atoms with Crippen LogP contribution >= 0.6 is 0 Å². The van der Waals surface area contributed by atoms with E-state index in [1.54, 1.807) is 13.2 Å². The number of rotatable bonds is 3. The molecule has 3 N–H and O–H groups in total. The van der Waals surface area contributed by atoms with Crippen molar-refractivity contribution in [1.82, 2.24) is 5.32 Å². The van der Waals surface area contributed by atoms with Crippen molar-refractivity contribution in [2.24, 2.45) is 0 Å². The third-order valence-corrected chi connectivity index (χ3v) is 1.95. The highest BCUT2D eigenvalue weighted by molar-refractivity contribution is 5.54. The summed E-state index contributed by atoms with van der Waals surface area (Å²) in [4.78, 5) is 0. The average molecular weight is 204 g/mol. The van der Waals surface area contributed by atoms with Gasteiger partial charge < -0.3 is 15.8 Å². The molecule has 0 aliphatic rings. The fraction of sp³-hybridized carbons (Fsp3) is 0.333. The fourth-order valence-electron chi connectivity index (χ4n) is 1.17. The minimum Gasteiger partial charge on any atom is -0.495 e. The lowest BCUT2D eigenvalue weighted by molar-refractivity contribution is 0.413. The van der Waals surface area contributed by atoms with E-state index in [0.717, 1.165) is 24.3 Å². The Morgan fingerprint density at radius 2 is 2.27 bits per heavy atom. The zero-order valence-electron chi connectivity index (χ0n) is 9.13. The SMILES string of the molecule is CNCCC#Cc1cc(N)ccc1OC. The Labute approximate surface area is 90.6 Å². The second-order valence-corrected chi connectivity index (χ2v) is 3.12. The van der Waals surface area contributed by atoms with Gasteiger partial charge in [-0.3, -0.25) is 0 Å². The second kappa shape index (κ2) is 5.94. The predicted molar refractivity (Wildman–Crippen MR) is 62.8 cm³/mol. The van der Waals surface area contributed by atoms with E-state index in [2.05, 4.69) is 17.2 Å². The van der Waals surface area contributed by atoms with Gasteiger partial charge in [-0.05, 0) is 25.2 Å². The zero-order valence-corrected chi connectivity index (χ0v) is 9.13. The lowest BCUT2D eigenvalue weighted by Crippen LogP contribution is -2.05. The maximum atomic E-state index is 5.68. The number of nitrogen functional groups attached to an aromatic ring is 1. The summed E-state index contributed by atoms with van der Waals surface area (Å²) < 4.78 is 5.18. The Bertz CT molecular complexity index is 377. The van der Waals surface area contributed by atoms with E-state index in [4.69, 9.17) is 10.5 Å². The van der Waals surface area contributed by atoms with Crippen LogP contribution in [0.1, 0.15) is 12.0 Å². The van der Waals surface area contributed by atoms with Crippen LogP contribution in [-0.4, -0.2) is 20.7 Å². The van der Waals surface area contributed by atoms with E-state index in [9.17, 15) is 0 Å². The first-order chi connectivity index (χ1) is 7.27. The molecule has 0 saturated carbocycles. The van der Waals surface area contributed by atoms with E-state index in [-0.39, 0.29) is 0 Å². The maximum Gasteiger partial charge on any atom is 0.134 e. The molecular formula is C12H16N2O. The highest BCUT2D eigenvalue weighted by Gasteiger charge is 1.99. The van der Waals surface area contributed by atoms with Gasteiger partial charge in [0.05, 0.1) is 12.7 Å². The number of hydrogen-bond donors (Lipinski definition) is 2. The van der Waals surface area contributed by atoms with E-state index in [0.29, 0.717) is 5.69 Å². The van der Waals surface area contributed by atoms with Gasteiger partial charge in [0.25, 0.3) is 0 Å². The largest absolute Gasteiger partial charge is 0.495 e.